The lowest BCUT2D eigenvalue weighted by Crippen LogP contribution is -2.13. The number of nitro benzene ring substituents is 1. The second-order valence-electron chi connectivity index (χ2n) is 3.07. The highest BCUT2D eigenvalue weighted by atomic mass is 16.6. The number of hydroxylamine groups is 2. The highest BCUT2D eigenvalue weighted by Crippen LogP contribution is 2.25. The molecule has 0 spiro atoms. The average Bonchev–Trinajstić information content (AvgIpc) is 2.17. The summed E-state index contributed by atoms with van der Waals surface area (Å²) in [6, 6.07) is 4.51. The Kier molecular flexibility index (Phi) is 3.59. The van der Waals surface area contributed by atoms with Crippen molar-refractivity contribution >= 4 is 5.69 Å². The zero-order valence-corrected chi connectivity index (χ0v) is 8.51. The molecule has 6 nitrogen and oxygen atoms in total. The third kappa shape index (κ3) is 2.90. The summed E-state index contributed by atoms with van der Waals surface area (Å²) >= 11 is 0. The molecule has 0 aliphatic rings. The van der Waals surface area contributed by atoms with Gasteiger partial charge in [0.25, 0.3) is 5.69 Å². The summed E-state index contributed by atoms with van der Waals surface area (Å²) in [6.45, 7) is 0.0975. The quantitative estimate of drug-likeness (QED) is 0.603. The van der Waals surface area contributed by atoms with E-state index in [0.717, 1.165) is 5.06 Å². The Morgan fingerprint density at radius 2 is 2.27 bits per heavy atom. The molecule has 0 aromatic heterocycles. The van der Waals surface area contributed by atoms with Crippen LogP contribution in [0.4, 0.5) is 5.69 Å². The molecule has 6 heteroatoms. The lowest BCUT2D eigenvalue weighted by Gasteiger charge is -2.09. The fourth-order valence-corrected chi connectivity index (χ4v) is 1.22. The fraction of sp³-hybridized carbons (Fsp3) is 0.333. The first-order valence-corrected chi connectivity index (χ1v) is 4.26. The first-order valence-electron chi connectivity index (χ1n) is 4.26. The standard InChI is InChI=1S/C9H12N2O4/c1-10(12)6-7-3-4-8(15-2)5-9(7)11(13)14/h3-5,12H,6H2,1-2H3. The van der Waals surface area contributed by atoms with Gasteiger partial charge in [0.2, 0.25) is 0 Å². The van der Waals surface area contributed by atoms with Gasteiger partial charge in [0.15, 0.2) is 0 Å². The van der Waals surface area contributed by atoms with Crippen LogP contribution >= 0.6 is 0 Å². The molecular formula is C9H12N2O4. The third-order valence-electron chi connectivity index (χ3n) is 1.89. The summed E-state index contributed by atoms with van der Waals surface area (Å²) in [5, 5.41) is 20.6. The lowest BCUT2D eigenvalue weighted by molar-refractivity contribution is -0.386. The normalized spacial score (nSPS) is 10.4. The topological polar surface area (TPSA) is 75.8 Å². The Labute approximate surface area is 86.8 Å². The highest BCUT2D eigenvalue weighted by Gasteiger charge is 2.15. The van der Waals surface area contributed by atoms with Crippen LogP contribution in [-0.2, 0) is 6.54 Å². The van der Waals surface area contributed by atoms with Crippen LogP contribution in [0.2, 0.25) is 0 Å². The van der Waals surface area contributed by atoms with Gasteiger partial charge in [-0.3, -0.25) is 10.1 Å². The third-order valence-corrected chi connectivity index (χ3v) is 1.89. The minimum Gasteiger partial charge on any atom is -0.497 e. The molecule has 0 saturated carbocycles. The van der Waals surface area contributed by atoms with E-state index in [9.17, 15) is 10.1 Å². The van der Waals surface area contributed by atoms with Crippen molar-refractivity contribution in [1.82, 2.24) is 5.06 Å². The van der Waals surface area contributed by atoms with Crippen LogP contribution in [-0.4, -0.2) is 29.4 Å². The molecule has 0 aliphatic carbocycles. The molecule has 82 valence electrons. The number of ether oxygens (including phenoxy) is 1. The van der Waals surface area contributed by atoms with Crippen molar-refractivity contribution in [2.24, 2.45) is 0 Å². The van der Waals surface area contributed by atoms with Crippen molar-refractivity contribution in [3.8, 4) is 5.75 Å². The Balaban J connectivity index is 3.09. The number of methoxy groups -OCH3 is 1. The van der Waals surface area contributed by atoms with Crippen molar-refractivity contribution in [3.05, 3.63) is 33.9 Å². The van der Waals surface area contributed by atoms with E-state index >= 15 is 0 Å². The number of nitrogens with zero attached hydrogens (tertiary/aromatic N) is 2. The van der Waals surface area contributed by atoms with E-state index in [1.54, 1.807) is 12.1 Å². The second-order valence-corrected chi connectivity index (χ2v) is 3.07. The van der Waals surface area contributed by atoms with Crippen molar-refractivity contribution < 1.29 is 14.9 Å². The van der Waals surface area contributed by atoms with E-state index in [4.69, 9.17) is 9.94 Å². The molecule has 0 fully saturated rings. The Hall–Kier alpha value is -1.66. The van der Waals surface area contributed by atoms with Crippen LogP contribution in [0.3, 0.4) is 0 Å². The number of benzene rings is 1. The molecule has 15 heavy (non-hydrogen) atoms. The summed E-state index contributed by atoms with van der Waals surface area (Å²) in [4.78, 5) is 10.2. The molecule has 0 unspecified atom stereocenters. The molecule has 1 rings (SSSR count). The van der Waals surface area contributed by atoms with E-state index in [1.165, 1.54) is 20.2 Å². The van der Waals surface area contributed by atoms with Gasteiger partial charge in [0.05, 0.1) is 24.6 Å². The maximum atomic E-state index is 10.7. The fourth-order valence-electron chi connectivity index (χ4n) is 1.22. The maximum absolute atomic E-state index is 10.7. The highest BCUT2D eigenvalue weighted by molar-refractivity contribution is 5.45. The molecule has 0 atom stereocenters. The van der Waals surface area contributed by atoms with E-state index in [1.807, 2.05) is 0 Å². The first kappa shape index (κ1) is 11.4. The van der Waals surface area contributed by atoms with Crippen LogP contribution in [0.25, 0.3) is 0 Å². The molecular weight excluding hydrogens is 200 g/mol. The minimum absolute atomic E-state index is 0.0600. The van der Waals surface area contributed by atoms with Gasteiger partial charge < -0.3 is 9.94 Å². The van der Waals surface area contributed by atoms with Crippen LogP contribution in [0.5, 0.6) is 5.75 Å². The smallest absolute Gasteiger partial charge is 0.277 e. The van der Waals surface area contributed by atoms with Crippen LogP contribution in [0, 0.1) is 10.1 Å². The van der Waals surface area contributed by atoms with E-state index < -0.39 is 4.92 Å². The van der Waals surface area contributed by atoms with Crippen molar-refractivity contribution in [2.75, 3.05) is 14.2 Å². The largest absolute Gasteiger partial charge is 0.497 e. The Bertz CT molecular complexity index is 365. The summed E-state index contributed by atoms with van der Waals surface area (Å²) < 4.78 is 4.88. The molecule has 1 aromatic rings. The number of rotatable bonds is 4. The zero-order chi connectivity index (χ0) is 11.4. The Morgan fingerprint density at radius 3 is 2.73 bits per heavy atom. The van der Waals surface area contributed by atoms with Crippen LogP contribution < -0.4 is 4.74 Å². The van der Waals surface area contributed by atoms with Gasteiger partial charge in [-0.05, 0) is 12.1 Å². The summed E-state index contributed by atoms with van der Waals surface area (Å²) in [7, 11) is 2.87. The Morgan fingerprint density at radius 1 is 1.60 bits per heavy atom. The maximum Gasteiger partial charge on any atom is 0.277 e. The van der Waals surface area contributed by atoms with E-state index in [-0.39, 0.29) is 12.2 Å². The van der Waals surface area contributed by atoms with Crippen molar-refractivity contribution in [3.63, 3.8) is 0 Å². The molecule has 1 N–H and O–H groups in total. The van der Waals surface area contributed by atoms with Gasteiger partial charge in [-0.2, -0.15) is 5.06 Å². The molecule has 1 aromatic carbocycles. The summed E-state index contributed by atoms with van der Waals surface area (Å²) in [5.74, 6) is 0.422. The number of hydrogen-bond acceptors (Lipinski definition) is 5. The van der Waals surface area contributed by atoms with E-state index in [2.05, 4.69) is 0 Å². The molecule has 0 aliphatic heterocycles. The summed E-state index contributed by atoms with van der Waals surface area (Å²) in [5.41, 5.74) is 0.376. The minimum atomic E-state index is -0.499. The van der Waals surface area contributed by atoms with Crippen LogP contribution in [0.15, 0.2) is 18.2 Å². The van der Waals surface area contributed by atoms with Crippen LogP contribution in [0.1, 0.15) is 5.56 Å². The molecule has 0 radical (unpaired) electrons. The lowest BCUT2D eigenvalue weighted by atomic mass is 10.1. The van der Waals surface area contributed by atoms with Gasteiger partial charge in [-0.15, -0.1) is 0 Å². The number of nitro groups is 1. The average molecular weight is 212 g/mol. The van der Waals surface area contributed by atoms with E-state index in [0.29, 0.717) is 11.3 Å². The predicted molar refractivity (Wildman–Crippen MR) is 52.9 cm³/mol. The second kappa shape index (κ2) is 4.72. The van der Waals surface area contributed by atoms with Gasteiger partial charge in [0.1, 0.15) is 5.75 Å². The monoisotopic (exact) mass is 212 g/mol. The first-order chi connectivity index (χ1) is 7.04. The molecule has 0 bridgehead atoms. The molecule has 0 heterocycles. The number of hydrogen-bond donors (Lipinski definition) is 1. The molecule has 0 amide bonds. The van der Waals surface area contributed by atoms with Gasteiger partial charge in [-0.1, -0.05) is 0 Å². The van der Waals surface area contributed by atoms with Gasteiger partial charge >= 0.3 is 0 Å². The van der Waals surface area contributed by atoms with Gasteiger partial charge in [0, 0.05) is 12.6 Å². The SMILES string of the molecule is COc1ccc(CN(C)O)c([N+](=O)[O-])c1. The van der Waals surface area contributed by atoms with Gasteiger partial charge in [-0.25, -0.2) is 0 Å². The molecule has 0 saturated heterocycles. The predicted octanol–water partition coefficient (Wildman–Crippen LogP) is 1.42. The van der Waals surface area contributed by atoms with Crippen molar-refractivity contribution in [2.45, 2.75) is 6.54 Å². The zero-order valence-electron chi connectivity index (χ0n) is 8.51. The van der Waals surface area contributed by atoms with Crippen molar-refractivity contribution in [1.29, 1.82) is 0 Å². The summed E-state index contributed by atoms with van der Waals surface area (Å²) in [6.07, 6.45) is 0.